The van der Waals surface area contributed by atoms with Crippen LogP contribution in [0.25, 0.3) is 0 Å². The Labute approximate surface area is 115 Å². The molecule has 4 nitrogen and oxygen atoms in total. The first-order valence-electron chi connectivity index (χ1n) is 6.97. The van der Waals surface area contributed by atoms with Crippen LogP contribution in [-0.4, -0.2) is 24.8 Å². The molecule has 0 spiro atoms. The first-order chi connectivity index (χ1) is 9.15. The first kappa shape index (κ1) is 14.2. The van der Waals surface area contributed by atoms with E-state index in [1.165, 1.54) is 0 Å². The van der Waals surface area contributed by atoms with Crippen molar-refractivity contribution in [2.75, 3.05) is 19.6 Å². The van der Waals surface area contributed by atoms with Crippen molar-refractivity contribution >= 4 is 5.69 Å². The summed E-state index contributed by atoms with van der Waals surface area (Å²) in [6.07, 6.45) is 2.31. The molecule has 2 rings (SSSR count). The monoisotopic (exact) mass is 264 g/mol. The summed E-state index contributed by atoms with van der Waals surface area (Å²) in [4.78, 5) is 2.37. The van der Waals surface area contributed by atoms with Gasteiger partial charge in [-0.25, -0.2) is 0 Å². The number of fused-ring (bicyclic) bond motifs is 1. The molecule has 0 unspecified atom stereocenters. The Balaban J connectivity index is 2.22. The largest absolute Gasteiger partial charge is 0.467 e. The Morgan fingerprint density at radius 2 is 2.05 bits per heavy atom. The van der Waals surface area contributed by atoms with Gasteiger partial charge in [-0.2, -0.15) is 0 Å². The van der Waals surface area contributed by atoms with Gasteiger partial charge in [-0.1, -0.05) is 13.8 Å². The van der Waals surface area contributed by atoms with Gasteiger partial charge in [0.1, 0.15) is 5.75 Å². The number of nitrogen functional groups attached to an aromatic ring is 1. The predicted octanol–water partition coefficient (Wildman–Crippen LogP) is 2.76. The Morgan fingerprint density at radius 3 is 2.74 bits per heavy atom. The van der Waals surface area contributed by atoms with E-state index in [0.717, 1.165) is 42.0 Å². The summed E-state index contributed by atoms with van der Waals surface area (Å²) in [7, 11) is 2.16. The summed E-state index contributed by atoms with van der Waals surface area (Å²) in [5.74, 6) is 0.957. The van der Waals surface area contributed by atoms with Gasteiger partial charge >= 0.3 is 0 Å². The van der Waals surface area contributed by atoms with Crippen molar-refractivity contribution < 1.29 is 9.47 Å². The van der Waals surface area contributed by atoms with Gasteiger partial charge in [-0.05, 0) is 32.0 Å². The van der Waals surface area contributed by atoms with E-state index >= 15 is 0 Å². The van der Waals surface area contributed by atoms with Crippen molar-refractivity contribution in [3.63, 3.8) is 0 Å². The van der Waals surface area contributed by atoms with Gasteiger partial charge in [-0.3, -0.25) is 4.90 Å². The number of nitrogens with two attached hydrogens (primary N) is 1. The zero-order valence-corrected chi connectivity index (χ0v) is 12.1. The molecule has 0 atom stereocenters. The minimum absolute atomic E-state index is 0.332. The van der Waals surface area contributed by atoms with Crippen molar-refractivity contribution in [3.8, 4) is 5.75 Å². The smallest absolute Gasteiger partial charge is 0.189 e. The molecule has 19 heavy (non-hydrogen) atoms. The van der Waals surface area contributed by atoms with Gasteiger partial charge in [0, 0.05) is 29.4 Å². The van der Waals surface area contributed by atoms with E-state index in [-0.39, 0.29) is 0 Å². The van der Waals surface area contributed by atoms with E-state index in [1.807, 2.05) is 12.1 Å². The highest BCUT2D eigenvalue weighted by molar-refractivity contribution is 5.53. The maximum Gasteiger partial charge on any atom is 0.189 e. The van der Waals surface area contributed by atoms with Crippen molar-refractivity contribution in [1.29, 1.82) is 0 Å². The molecular weight excluding hydrogens is 240 g/mol. The fourth-order valence-corrected chi connectivity index (χ4v) is 2.75. The van der Waals surface area contributed by atoms with E-state index in [2.05, 4.69) is 25.8 Å². The van der Waals surface area contributed by atoms with Gasteiger partial charge in [0.2, 0.25) is 0 Å². The Kier molecular flexibility index (Phi) is 4.66. The molecule has 1 aliphatic rings. The molecule has 1 aromatic rings. The summed E-state index contributed by atoms with van der Waals surface area (Å²) in [6, 6.07) is 4.55. The van der Waals surface area contributed by atoms with E-state index in [4.69, 9.17) is 15.2 Å². The average Bonchev–Trinajstić information content (AvgIpc) is 2.40. The topological polar surface area (TPSA) is 47.7 Å². The van der Waals surface area contributed by atoms with E-state index < -0.39 is 0 Å². The van der Waals surface area contributed by atoms with Gasteiger partial charge in [-0.15, -0.1) is 0 Å². The van der Waals surface area contributed by atoms with Crippen molar-refractivity contribution in [3.05, 3.63) is 23.3 Å². The van der Waals surface area contributed by atoms with Crippen molar-refractivity contribution in [2.24, 2.45) is 0 Å². The number of anilines is 1. The van der Waals surface area contributed by atoms with Crippen LogP contribution in [0.1, 0.15) is 37.8 Å². The van der Waals surface area contributed by atoms with Crippen LogP contribution in [-0.2, 0) is 17.9 Å². The highest BCUT2D eigenvalue weighted by Gasteiger charge is 2.19. The quantitative estimate of drug-likeness (QED) is 0.831. The second-order valence-electron chi connectivity index (χ2n) is 5.16. The second-order valence-corrected chi connectivity index (χ2v) is 5.16. The Bertz CT molecular complexity index is 430. The van der Waals surface area contributed by atoms with Gasteiger partial charge in [0.15, 0.2) is 6.79 Å². The number of rotatable bonds is 5. The SMILES string of the molecule is CCC(CC)N(C)Cc1cc(N)cc2c1OCOC2. The number of hydrogen-bond acceptors (Lipinski definition) is 4. The third-order valence-corrected chi connectivity index (χ3v) is 3.79. The highest BCUT2D eigenvalue weighted by atomic mass is 16.7. The normalized spacial score (nSPS) is 14.6. The summed E-state index contributed by atoms with van der Waals surface area (Å²) >= 11 is 0. The van der Waals surface area contributed by atoms with Crippen LogP contribution in [0.4, 0.5) is 5.69 Å². The average molecular weight is 264 g/mol. The fraction of sp³-hybridized carbons (Fsp3) is 0.600. The Morgan fingerprint density at radius 1 is 1.32 bits per heavy atom. The lowest BCUT2D eigenvalue weighted by atomic mass is 10.0. The lowest BCUT2D eigenvalue weighted by Crippen LogP contribution is -2.30. The highest BCUT2D eigenvalue weighted by Crippen LogP contribution is 2.32. The fourth-order valence-electron chi connectivity index (χ4n) is 2.75. The maximum absolute atomic E-state index is 5.97. The molecule has 0 aromatic heterocycles. The van der Waals surface area contributed by atoms with Crippen LogP contribution in [0.2, 0.25) is 0 Å². The number of ether oxygens (including phenoxy) is 2. The molecule has 0 amide bonds. The molecule has 0 radical (unpaired) electrons. The standard InChI is InChI=1S/C15H24N2O2/c1-4-14(5-2)17(3)8-11-6-13(16)7-12-9-18-10-19-15(11)12/h6-7,14H,4-5,8-10,16H2,1-3H3. The second kappa shape index (κ2) is 6.26. The lowest BCUT2D eigenvalue weighted by molar-refractivity contribution is -0.0174. The van der Waals surface area contributed by atoms with Crippen LogP contribution in [0.3, 0.4) is 0 Å². The molecule has 0 saturated heterocycles. The molecule has 106 valence electrons. The lowest BCUT2D eigenvalue weighted by Gasteiger charge is -2.28. The third kappa shape index (κ3) is 3.19. The van der Waals surface area contributed by atoms with E-state index in [9.17, 15) is 0 Å². The van der Waals surface area contributed by atoms with Gasteiger partial charge < -0.3 is 15.2 Å². The number of hydrogen-bond donors (Lipinski definition) is 1. The summed E-state index contributed by atoms with van der Waals surface area (Å²) in [5, 5.41) is 0. The first-order valence-corrected chi connectivity index (χ1v) is 6.97. The summed E-state index contributed by atoms with van der Waals surface area (Å²) in [6.45, 7) is 6.23. The Hall–Kier alpha value is -1.26. The maximum atomic E-state index is 5.97. The van der Waals surface area contributed by atoms with Gasteiger partial charge in [0.25, 0.3) is 0 Å². The number of nitrogens with zero attached hydrogens (tertiary/aromatic N) is 1. The molecule has 0 saturated carbocycles. The van der Waals surface area contributed by atoms with Gasteiger partial charge in [0.05, 0.1) is 6.61 Å². The molecule has 0 fully saturated rings. The number of benzene rings is 1. The molecule has 4 heteroatoms. The summed E-state index contributed by atoms with van der Waals surface area (Å²) < 4.78 is 11.0. The molecule has 2 N–H and O–H groups in total. The molecule has 1 aliphatic heterocycles. The van der Waals surface area contributed by atoms with E-state index in [1.54, 1.807) is 0 Å². The minimum Gasteiger partial charge on any atom is -0.467 e. The molecular formula is C15H24N2O2. The zero-order valence-electron chi connectivity index (χ0n) is 12.1. The minimum atomic E-state index is 0.332. The van der Waals surface area contributed by atoms with Crippen molar-refractivity contribution in [2.45, 2.75) is 45.9 Å². The zero-order chi connectivity index (χ0) is 13.8. The van der Waals surface area contributed by atoms with Crippen LogP contribution >= 0.6 is 0 Å². The van der Waals surface area contributed by atoms with E-state index in [0.29, 0.717) is 19.4 Å². The van der Waals surface area contributed by atoms with Crippen LogP contribution in [0.5, 0.6) is 5.75 Å². The predicted molar refractivity (Wildman–Crippen MR) is 77.0 cm³/mol. The molecule has 0 bridgehead atoms. The van der Waals surface area contributed by atoms with Crippen molar-refractivity contribution in [1.82, 2.24) is 4.90 Å². The molecule has 1 heterocycles. The third-order valence-electron chi connectivity index (χ3n) is 3.79. The van der Waals surface area contributed by atoms with Crippen LogP contribution in [0, 0.1) is 0 Å². The molecule has 0 aliphatic carbocycles. The molecule has 1 aromatic carbocycles. The van der Waals surface area contributed by atoms with Crippen LogP contribution in [0.15, 0.2) is 12.1 Å². The summed E-state index contributed by atoms with van der Waals surface area (Å²) in [5.41, 5.74) is 8.96. The van der Waals surface area contributed by atoms with Crippen LogP contribution < -0.4 is 10.5 Å².